The first-order chi connectivity index (χ1) is 11.8. The maximum atomic E-state index is 12.7. The monoisotopic (exact) mass is 344 g/mol. The molecule has 134 valence electrons. The highest BCUT2D eigenvalue weighted by atomic mass is 16.6. The molecule has 2 N–H and O–H groups in total. The van der Waals surface area contributed by atoms with Crippen molar-refractivity contribution in [3.05, 3.63) is 33.9 Å². The summed E-state index contributed by atoms with van der Waals surface area (Å²) in [7, 11) is 0. The third kappa shape index (κ3) is 2.92. The number of nitro benzene ring substituents is 1. The molecule has 0 saturated heterocycles. The molecular formula is C19H24N2O4. The summed E-state index contributed by atoms with van der Waals surface area (Å²) in [5, 5.41) is 24.7. The lowest BCUT2D eigenvalue weighted by Gasteiger charge is -2.60. The van der Waals surface area contributed by atoms with Gasteiger partial charge in [-0.05, 0) is 68.8 Å². The van der Waals surface area contributed by atoms with Crippen LogP contribution in [0.4, 0.5) is 11.4 Å². The van der Waals surface area contributed by atoms with E-state index in [1.165, 1.54) is 12.5 Å². The first kappa shape index (κ1) is 16.5. The van der Waals surface area contributed by atoms with Gasteiger partial charge in [-0.15, -0.1) is 0 Å². The molecule has 1 aromatic rings. The summed E-state index contributed by atoms with van der Waals surface area (Å²) in [5.41, 5.74) is 0.318. The number of anilines is 1. The minimum Gasteiger partial charge on any atom is -0.390 e. The highest BCUT2D eigenvalue weighted by molar-refractivity contribution is 5.92. The van der Waals surface area contributed by atoms with E-state index in [4.69, 9.17) is 0 Å². The molecule has 25 heavy (non-hydrogen) atoms. The van der Waals surface area contributed by atoms with Crippen molar-refractivity contribution in [2.75, 3.05) is 5.32 Å². The Balaban J connectivity index is 1.50. The molecule has 0 spiro atoms. The van der Waals surface area contributed by atoms with Gasteiger partial charge in [-0.1, -0.05) is 6.07 Å². The van der Waals surface area contributed by atoms with E-state index in [9.17, 15) is 20.0 Å². The highest BCUT2D eigenvalue weighted by Crippen LogP contribution is 2.62. The number of hydrogen-bond acceptors (Lipinski definition) is 4. The second-order valence-electron chi connectivity index (χ2n) is 8.62. The predicted octanol–water partition coefficient (Wildman–Crippen LogP) is 3.56. The Hall–Kier alpha value is -1.95. The standard InChI is InChI=1S/C19H24N2O4/c1-12-15(3-2-4-16(12)21(24)25)20-17(22)10-18-6-13-5-14(7-18)9-19(23,8-13)11-18/h2-4,13-14,23H,5-11H2,1H3,(H,20,22)/t13-,14+,18?,19?. The topological polar surface area (TPSA) is 92.5 Å². The SMILES string of the molecule is Cc1c(NC(=O)CC23C[C@@H]4C[C@@H](CC(O)(C4)C2)C3)cccc1[N+](=O)[O-]. The van der Waals surface area contributed by atoms with Crippen LogP contribution in [0.5, 0.6) is 0 Å². The van der Waals surface area contributed by atoms with Crippen LogP contribution in [0, 0.1) is 34.3 Å². The Morgan fingerprint density at radius 1 is 1.32 bits per heavy atom. The van der Waals surface area contributed by atoms with Crippen LogP contribution < -0.4 is 5.32 Å². The van der Waals surface area contributed by atoms with Crippen LogP contribution in [0.3, 0.4) is 0 Å². The molecular weight excluding hydrogens is 320 g/mol. The minimum atomic E-state index is -0.578. The third-order valence-corrected chi connectivity index (χ3v) is 6.46. The van der Waals surface area contributed by atoms with Crippen LogP contribution in [0.1, 0.15) is 50.5 Å². The predicted molar refractivity (Wildman–Crippen MR) is 93.1 cm³/mol. The number of carbonyl (C=O) groups is 1. The first-order valence-electron chi connectivity index (χ1n) is 9.04. The molecule has 0 aliphatic heterocycles. The number of nitrogens with one attached hydrogen (secondary N) is 1. The quantitative estimate of drug-likeness (QED) is 0.645. The number of nitrogens with zero attached hydrogens (tertiary/aromatic N) is 1. The molecule has 1 aromatic carbocycles. The normalized spacial score (nSPS) is 35.6. The maximum Gasteiger partial charge on any atom is 0.274 e. The van der Waals surface area contributed by atoms with Crippen LogP contribution in [-0.4, -0.2) is 21.5 Å². The number of rotatable bonds is 4. The molecule has 4 aliphatic carbocycles. The van der Waals surface area contributed by atoms with Crippen molar-refractivity contribution in [3.8, 4) is 0 Å². The number of amides is 1. The summed E-state index contributed by atoms with van der Waals surface area (Å²) < 4.78 is 0. The van der Waals surface area contributed by atoms with E-state index in [0.717, 1.165) is 25.7 Å². The van der Waals surface area contributed by atoms with E-state index < -0.39 is 10.5 Å². The van der Waals surface area contributed by atoms with Gasteiger partial charge in [-0.3, -0.25) is 14.9 Å². The van der Waals surface area contributed by atoms with Crippen LogP contribution in [0.2, 0.25) is 0 Å². The van der Waals surface area contributed by atoms with Gasteiger partial charge in [0, 0.05) is 12.5 Å². The van der Waals surface area contributed by atoms with Gasteiger partial charge < -0.3 is 10.4 Å². The van der Waals surface area contributed by atoms with Crippen molar-refractivity contribution in [2.45, 2.75) is 57.5 Å². The van der Waals surface area contributed by atoms with E-state index in [2.05, 4.69) is 5.32 Å². The van der Waals surface area contributed by atoms with E-state index in [0.29, 0.717) is 35.9 Å². The van der Waals surface area contributed by atoms with Crippen LogP contribution in [0.15, 0.2) is 18.2 Å². The Bertz CT molecular complexity index is 731. The molecule has 6 nitrogen and oxygen atoms in total. The molecule has 4 saturated carbocycles. The molecule has 4 atom stereocenters. The fourth-order valence-corrected chi connectivity index (χ4v) is 6.10. The molecule has 4 fully saturated rings. The van der Waals surface area contributed by atoms with Crippen molar-refractivity contribution in [1.82, 2.24) is 0 Å². The summed E-state index contributed by atoms with van der Waals surface area (Å²) in [5.74, 6) is 0.978. The lowest BCUT2D eigenvalue weighted by Crippen LogP contribution is -2.56. The lowest BCUT2D eigenvalue weighted by atomic mass is 9.47. The number of benzene rings is 1. The fraction of sp³-hybridized carbons (Fsp3) is 0.632. The van der Waals surface area contributed by atoms with E-state index >= 15 is 0 Å². The van der Waals surface area contributed by atoms with Crippen LogP contribution >= 0.6 is 0 Å². The summed E-state index contributed by atoms with van der Waals surface area (Å²) in [6, 6.07) is 4.74. The zero-order valence-corrected chi connectivity index (χ0v) is 14.5. The second-order valence-corrected chi connectivity index (χ2v) is 8.62. The highest BCUT2D eigenvalue weighted by Gasteiger charge is 2.57. The maximum absolute atomic E-state index is 12.7. The van der Waals surface area contributed by atoms with Gasteiger partial charge in [0.15, 0.2) is 0 Å². The van der Waals surface area contributed by atoms with E-state index in [1.807, 2.05) is 0 Å². The second kappa shape index (κ2) is 5.53. The smallest absolute Gasteiger partial charge is 0.274 e. The van der Waals surface area contributed by atoms with Crippen molar-refractivity contribution < 1.29 is 14.8 Å². The summed E-state index contributed by atoms with van der Waals surface area (Å²) in [6.07, 6.45) is 6.11. The summed E-state index contributed by atoms with van der Waals surface area (Å²) >= 11 is 0. The van der Waals surface area contributed by atoms with Gasteiger partial charge in [0.1, 0.15) is 0 Å². The molecule has 2 unspecified atom stereocenters. The Kier molecular flexibility index (Phi) is 3.65. The lowest BCUT2D eigenvalue weighted by molar-refractivity contribution is -0.385. The molecule has 6 heteroatoms. The zero-order valence-electron chi connectivity index (χ0n) is 14.5. The fourth-order valence-electron chi connectivity index (χ4n) is 6.10. The molecule has 4 aliphatic rings. The Morgan fingerprint density at radius 2 is 2.00 bits per heavy atom. The van der Waals surface area contributed by atoms with Gasteiger partial charge in [0.2, 0.25) is 5.91 Å². The van der Waals surface area contributed by atoms with Gasteiger partial charge in [-0.2, -0.15) is 0 Å². The van der Waals surface area contributed by atoms with Gasteiger partial charge in [0.05, 0.1) is 21.8 Å². The molecule has 5 rings (SSSR count). The summed E-state index contributed by atoms with van der Waals surface area (Å²) in [6.45, 7) is 1.65. The average molecular weight is 344 g/mol. The number of nitro groups is 1. The van der Waals surface area contributed by atoms with Crippen molar-refractivity contribution in [3.63, 3.8) is 0 Å². The van der Waals surface area contributed by atoms with Gasteiger partial charge >= 0.3 is 0 Å². The zero-order chi connectivity index (χ0) is 17.8. The Morgan fingerprint density at radius 3 is 2.60 bits per heavy atom. The third-order valence-electron chi connectivity index (χ3n) is 6.46. The Labute approximate surface area is 146 Å². The molecule has 0 radical (unpaired) electrons. The minimum absolute atomic E-state index is 0.0157. The van der Waals surface area contributed by atoms with Crippen molar-refractivity contribution in [1.29, 1.82) is 0 Å². The van der Waals surface area contributed by atoms with Crippen molar-refractivity contribution >= 4 is 17.3 Å². The van der Waals surface area contributed by atoms with E-state index in [1.54, 1.807) is 19.1 Å². The largest absolute Gasteiger partial charge is 0.390 e. The number of aliphatic hydroxyl groups is 1. The van der Waals surface area contributed by atoms with Gasteiger partial charge in [-0.25, -0.2) is 0 Å². The van der Waals surface area contributed by atoms with Gasteiger partial charge in [0.25, 0.3) is 5.69 Å². The molecule has 0 aromatic heterocycles. The van der Waals surface area contributed by atoms with Crippen LogP contribution in [0.25, 0.3) is 0 Å². The van der Waals surface area contributed by atoms with E-state index in [-0.39, 0.29) is 17.0 Å². The number of carbonyl (C=O) groups excluding carboxylic acids is 1. The molecule has 0 heterocycles. The first-order valence-corrected chi connectivity index (χ1v) is 9.04. The van der Waals surface area contributed by atoms with Crippen molar-refractivity contribution in [2.24, 2.45) is 17.3 Å². The molecule has 1 amide bonds. The average Bonchev–Trinajstić information content (AvgIpc) is 2.45. The van der Waals surface area contributed by atoms with Crippen LogP contribution in [-0.2, 0) is 4.79 Å². The molecule has 4 bridgehead atoms. The summed E-state index contributed by atoms with van der Waals surface area (Å²) in [4.78, 5) is 23.3. The number of hydrogen-bond donors (Lipinski definition) is 2.